The van der Waals surface area contributed by atoms with Gasteiger partial charge in [0.05, 0.1) is 10.4 Å². The van der Waals surface area contributed by atoms with Gasteiger partial charge in [0.25, 0.3) is 0 Å². The number of halogens is 1. The van der Waals surface area contributed by atoms with E-state index in [0.29, 0.717) is 5.92 Å². The topological polar surface area (TPSA) is 38.0 Å². The molecule has 1 heterocycles. The number of nitrogens with one attached hydrogen (secondary N) is 1. The van der Waals surface area contributed by atoms with Gasteiger partial charge in [0.1, 0.15) is 0 Å². The van der Waals surface area contributed by atoms with Gasteiger partial charge < -0.3 is 0 Å². The largest absolute Gasteiger partial charge is 0.271 e. The second-order valence-electron chi connectivity index (χ2n) is 5.38. The highest BCUT2D eigenvalue weighted by molar-refractivity contribution is 7.16. The number of aryl methyl sites for hydroxylation is 1. The van der Waals surface area contributed by atoms with Gasteiger partial charge in [-0.05, 0) is 54.9 Å². The first kappa shape index (κ1) is 14.1. The van der Waals surface area contributed by atoms with E-state index in [9.17, 15) is 0 Å². The Hall–Kier alpha value is -0.870. The summed E-state index contributed by atoms with van der Waals surface area (Å²) in [5.41, 5.74) is 5.97. The number of hydrogen-bond acceptors (Lipinski definition) is 3. The molecule has 1 aromatic heterocycles. The summed E-state index contributed by atoms with van der Waals surface area (Å²) in [5.74, 6) is 6.35. The summed E-state index contributed by atoms with van der Waals surface area (Å²) in [7, 11) is 0. The van der Waals surface area contributed by atoms with E-state index in [2.05, 4.69) is 35.8 Å². The van der Waals surface area contributed by atoms with Crippen molar-refractivity contribution in [2.45, 2.75) is 37.6 Å². The van der Waals surface area contributed by atoms with E-state index < -0.39 is 0 Å². The lowest BCUT2D eigenvalue weighted by molar-refractivity contribution is 0.430. The van der Waals surface area contributed by atoms with E-state index in [-0.39, 0.29) is 6.04 Å². The lowest BCUT2D eigenvalue weighted by Crippen LogP contribution is -2.29. The molecular formula is C16H19ClN2S. The molecule has 0 fully saturated rings. The molecule has 2 atom stereocenters. The molecule has 0 radical (unpaired) electrons. The molecule has 3 rings (SSSR count). The highest BCUT2D eigenvalue weighted by Crippen LogP contribution is 2.39. The normalized spacial score (nSPS) is 19.6. The van der Waals surface area contributed by atoms with Crippen LogP contribution in [0.5, 0.6) is 0 Å². The molecule has 2 unspecified atom stereocenters. The quantitative estimate of drug-likeness (QED) is 0.648. The Bertz CT molecular complexity index is 581. The Morgan fingerprint density at radius 1 is 1.30 bits per heavy atom. The van der Waals surface area contributed by atoms with Crippen molar-refractivity contribution >= 4 is 22.9 Å². The maximum absolute atomic E-state index is 6.04. The Balaban J connectivity index is 1.80. The van der Waals surface area contributed by atoms with Crippen LogP contribution in [0, 0.1) is 0 Å². The van der Waals surface area contributed by atoms with Crippen LogP contribution in [-0.2, 0) is 6.42 Å². The molecule has 1 aliphatic carbocycles. The molecule has 2 aromatic rings. The molecular weight excluding hydrogens is 288 g/mol. The van der Waals surface area contributed by atoms with E-state index in [1.165, 1.54) is 35.3 Å². The number of fused-ring (bicyclic) bond motifs is 1. The Labute approximate surface area is 128 Å². The molecule has 106 valence electrons. The average molecular weight is 307 g/mol. The number of thiophene rings is 1. The molecule has 0 amide bonds. The second-order valence-corrected chi connectivity index (χ2v) is 7.13. The van der Waals surface area contributed by atoms with Crippen molar-refractivity contribution in [1.29, 1.82) is 0 Å². The van der Waals surface area contributed by atoms with Crippen LogP contribution in [0.3, 0.4) is 0 Å². The van der Waals surface area contributed by atoms with E-state index in [0.717, 1.165) is 10.8 Å². The second kappa shape index (κ2) is 6.27. The number of rotatable bonds is 4. The number of nitrogens with two attached hydrogens (primary N) is 1. The van der Waals surface area contributed by atoms with E-state index in [1.54, 1.807) is 11.3 Å². The first-order chi connectivity index (χ1) is 9.78. The first-order valence-corrected chi connectivity index (χ1v) is 8.26. The summed E-state index contributed by atoms with van der Waals surface area (Å²) in [4.78, 5) is 1.22. The fourth-order valence-electron chi connectivity index (χ4n) is 3.17. The fraction of sp³-hybridized carbons (Fsp3) is 0.375. The molecule has 2 nitrogen and oxygen atoms in total. The van der Waals surface area contributed by atoms with Crippen molar-refractivity contribution in [3.63, 3.8) is 0 Å². The van der Waals surface area contributed by atoms with Gasteiger partial charge >= 0.3 is 0 Å². The van der Waals surface area contributed by atoms with Crippen LogP contribution in [0.4, 0.5) is 0 Å². The Kier molecular flexibility index (Phi) is 4.41. The molecule has 4 heteroatoms. The standard InChI is InChI=1S/C16H19ClN2S/c17-16-9-8-15(20-16)14(19-18)10-12-6-3-5-11-4-1-2-7-13(11)12/h1-2,4,7-9,12,14,19H,3,5-6,10,18H2. The smallest absolute Gasteiger partial charge is 0.0931 e. The fourth-order valence-corrected chi connectivity index (χ4v) is 4.30. The van der Waals surface area contributed by atoms with Crippen molar-refractivity contribution in [1.82, 2.24) is 5.43 Å². The molecule has 0 bridgehead atoms. The zero-order valence-electron chi connectivity index (χ0n) is 11.3. The molecule has 0 aliphatic heterocycles. The first-order valence-electron chi connectivity index (χ1n) is 7.07. The van der Waals surface area contributed by atoms with E-state index in [1.807, 2.05) is 6.07 Å². The van der Waals surface area contributed by atoms with Gasteiger partial charge in [-0.3, -0.25) is 11.3 Å². The monoisotopic (exact) mass is 306 g/mol. The van der Waals surface area contributed by atoms with Gasteiger partial charge in [-0.15, -0.1) is 11.3 Å². The molecule has 1 aliphatic rings. The number of benzene rings is 1. The lowest BCUT2D eigenvalue weighted by atomic mass is 9.79. The molecule has 0 saturated heterocycles. The average Bonchev–Trinajstić information content (AvgIpc) is 2.91. The third kappa shape index (κ3) is 2.91. The van der Waals surface area contributed by atoms with E-state index in [4.69, 9.17) is 17.4 Å². The van der Waals surface area contributed by atoms with E-state index >= 15 is 0 Å². The van der Waals surface area contributed by atoms with Crippen LogP contribution in [0.25, 0.3) is 0 Å². The Morgan fingerprint density at radius 3 is 2.90 bits per heavy atom. The third-order valence-electron chi connectivity index (χ3n) is 4.15. The minimum atomic E-state index is 0.184. The summed E-state index contributed by atoms with van der Waals surface area (Å²) in [6.07, 6.45) is 4.75. The van der Waals surface area contributed by atoms with Gasteiger partial charge in [-0.2, -0.15) is 0 Å². The zero-order chi connectivity index (χ0) is 13.9. The maximum Gasteiger partial charge on any atom is 0.0931 e. The number of hydrazine groups is 1. The van der Waals surface area contributed by atoms with Crippen molar-refractivity contribution in [2.75, 3.05) is 0 Å². The molecule has 0 spiro atoms. The van der Waals surface area contributed by atoms with Crippen LogP contribution in [-0.4, -0.2) is 0 Å². The predicted molar refractivity (Wildman–Crippen MR) is 86.1 cm³/mol. The van der Waals surface area contributed by atoms with Gasteiger partial charge in [-0.1, -0.05) is 35.9 Å². The minimum absolute atomic E-state index is 0.184. The SMILES string of the molecule is NNC(CC1CCCc2ccccc21)c1ccc(Cl)s1. The van der Waals surface area contributed by atoms with Gasteiger partial charge in [0.15, 0.2) is 0 Å². The molecule has 20 heavy (non-hydrogen) atoms. The zero-order valence-corrected chi connectivity index (χ0v) is 12.9. The summed E-state index contributed by atoms with van der Waals surface area (Å²) in [6, 6.07) is 13.0. The van der Waals surface area contributed by atoms with Crippen molar-refractivity contribution < 1.29 is 0 Å². The summed E-state index contributed by atoms with van der Waals surface area (Å²) in [5, 5.41) is 0. The lowest BCUT2D eigenvalue weighted by Gasteiger charge is -2.28. The van der Waals surface area contributed by atoms with Crippen LogP contribution in [0.1, 0.15) is 47.2 Å². The highest BCUT2D eigenvalue weighted by atomic mass is 35.5. The van der Waals surface area contributed by atoms with Crippen LogP contribution >= 0.6 is 22.9 Å². The van der Waals surface area contributed by atoms with Crippen LogP contribution in [0.2, 0.25) is 4.34 Å². The summed E-state index contributed by atoms with van der Waals surface area (Å²) in [6.45, 7) is 0. The molecule has 1 aromatic carbocycles. The predicted octanol–water partition coefficient (Wildman–Crippen LogP) is 4.42. The van der Waals surface area contributed by atoms with Crippen molar-refractivity contribution in [3.05, 3.63) is 56.7 Å². The summed E-state index contributed by atoms with van der Waals surface area (Å²) >= 11 is 7.65. The third-order valence-corrected chi connectivity index (χ3v) is 5.50. The van der Waals surface area contributed by atoms with Crippen molar-refractivity contribution in [2.24, 2.45) is 5.84 Å². The molecule has 3 N–H and O–H groups in total. The number of hydrogen-bond donors (Lipinski definition) is 2. The Morgan fingerprint density at radius 2 is 2.15 bits per heavy atom. The van der Waals surface area contributed by atoms with Gasteiger partial charge in [-0.25, -0.2) is 0 Å². The van der Waals surface area contributed by atoms with Crippen LogP contribution < -0.4 is 11.3 Å². The highest BCUT2D eigenvalue weighted by Gasteiger charge is 2.24. The minimum Gasteiger partial charge on any atom is -0.271 e. The summed E-state index contributed by atoms with van der Waals surface area (Å²) < 4.78 is 0.823. The van der Waals surface area contributed by atoms with Crippen molar-refractivity contribution in [3.8, 4) is 0 Å². The molecule has 0 saturated carbocycles. The van der Waals surface area contributed by atoms with Gasteiger partial charge in [0.2, 0.25) is 0 Å². The van der Waals surface area contributed by atoms with Gasteiger partial charge in [0, 0.05) is 4.88 Å². The maximum atomic E-state index is 6.04. The van der Waals surface area contributed by atoms with Crippen LogP contribution in [0.15, 0.2) is 36.4 Å².